The van der Waals surface area contributed by atoms with Crippen LogP contribution in [0.1, 0.15) is 41.5 Å². The molecule has 0 unspecified atom stereocenters. The minimum Gasteiger partial charge on any atom is -0.399 e. The van der Waals surface area contributed by atoms with E-state index < -0.39 is 0 Å². The van der Waals surface area contributed by atoms with Crippen LogP contribution in [0, 0.1) is 0 Å². The van der Waals surface area contributed by atoms with E-state index in [4.69, 9.17) is 9.31 Å². The first-order valence-corrected chi connectivity index (χ1v) is 14.8. The Morgan fingerprint density at radius 1 is 0.711 bits per heavy atom. The van der Waals surface area contributed by atoms with Crippen molar-refractivity contribution in [2.24, 2.45) is 0 Å². The summed E-state index contributed by atoms with van der Waals surface area (Å²) in [5.41, 5.74) is 0.360. The van der Waals surface area contributed by atoms with Gasteiger partial charge in [-0.3, -0.25) is 0 Å². The number of nitrogens with zero attached hydrogens (tertiary/aromatic N) is 6. The van der Waals surface area contributed by atoms with Crippen molar-refractivity contribution in [2.75, 3.05) is 75.2 Å². The topological polar surface area (TPSA) is 57.2 Å². The second-order valence-corrected chi connectivity index (χ2v) is 12.1. The Balaban J connectivity index is 0.000000194. The molecule has 0 radical (unpaired) electrons. The van der Waals surface area contributed by atoms with Crippen LogP contribution >= 0.6 is 15.9 Å². The van der Waals surface area contributed by atoms with Crippen LogP contribution in [0.3, 0.4) is 0 Å². The fourth-order valence-electron chi connectivity index (χ4n) is 4.84. The third-order valence-electron chi connectivity index (χ3n) is 8.29. The molecule has 2 aromatic rings. The monoisotopic (exact) mass is 586 g/mol. The molecule has 0 aromatic carbocycles. The Bertz CT molecular complexity index is 991. The van der Waals surface area contributed by atoms with E-state index in [0.717, 1.165) is 87.0 Å². The molecule has 3 aliphatic rings. The summed E-state index contributed by atoms with van der Waals surface area (Å²) in [4.78, 5) is 18.7. The number of piperazine rings is 2. The molecular formula is C28H44BBrN6O2. The maximum absolute atomic E-state index is 6.08. The van der Waals surface area contributed by atoms with Crippen molar-refractivity contribution in [3.8, 4) is 0 Å². The minimum atomic E-state index is -0.335. The highest BCUT2D eigenvalue weighted by molar-refractivity contribution is 9.10. The van der Waals surface area contributed by atoms with Crippen molar-refractivity contribution in [2.45, 2.75) is 52.7 Å². The van der Waals surface area contributed by atoms with Gasteiger partial charge in [0, 0.05) is 74.7 Å². The number of rotatable bonds is 5. The standard InChI is InChI=1S/C17H28BN3O2.C11H16BrN3/c1-6-20-9-11-21(12-10-20)15-8-7-14(13-19-15)18-22-16(2,3)17(4,5)23-18;1-2-14-5-7-15(8-6-14)11-4-3-10(12)9-13-11/h7-8,13H,6,9-12H2,1-5H3;3-4,9H,2,5-8H2,1H3. The molecule has 0 saturated carbocycles. The normalized spacial score (nSPS) is 21.8. The maximum atomic E-state index is 6.08. The van der Waals surface area contributed by atoms with Crippen molar-refractivity contribution in [1.29, 1.82) is 0 Å². The lowest BCUT2D eigenvalue weighted by atomic mass is 9.80. The van der Waals surface area contributed by atoms with E-state index in [2.05, 4.69) is 111 Å². The molecule has 2 aromatic heterocycles. The molecule has 3 saturated heterocycles. The summed E-state index contributed by atoms with van der Waals surface area (Å²) < 4.78 is 13.2. The molecule has 3 aliphatic heterocycles. The molecule has 0 N–H and O–H groups in total. The summed E-state index contributed by atoms with van der Waals surface area (Å²) in [7, 11) is -0.335. The predicted molar refractivity (Wildman–Crippen MR) is 161 cm³/mol. The number of hydrogen-bond donors (Lipinski definition) is 0. The summed E-state index contributed by atoms with van der Waals surface area (Å²) in [5, 5.41) is 0. The van der Waals surface area contributed by atoms with Crippen LogP contribution in [0.4, 0.5) is 11.6 Å². The first-order valence-electron chi connectivity index (χ1n) is 14.0. The molecule has 5 heterocycles. The highest BCUT2D eigenvalue weighted by Gasteiger charge is 2.51. The number of hydrogen-bond acceptors (Lipinski definition) is 8. The fourth-order valence-corrected chi connectivity index (χ4v) is 5.08. The highest BCUT2D eigenvalue weighted by Crippen LogP contribution is 2.36. The molecule has 0 bridgehead atoms. The van der Waals surface area contributed by atoms with Gasteiger partial charge >= 0.3 is 7.12 Å². The number of anilines is 2. The average Bonchev–Trinajstić information content (AvgIpc) is 3.16. The smallest absolute Gasteiger partial charge is 0.399 e. The third-order valence-corrected chi connectivity index (χ3v) is 8.76. The Kier molecular flexibility index (Phi) is 9.74. The van der Waals surface area contributed by atoms with Gasteiger partial charge in [0.2, 0.25) is 0 Å². The van der Waals surface area contributed by atoms with Crippen molar-refractivity contribution in [3.05, 3.63) is 41.1 Å². The van der Waals surface area contributed by atoms with E-state index in [0.29, 0.717) is 0 Å². The molecule has 0 spiro atoms. The van der Waals surface area contributed by atoms with Gasteiger partial charge in [-0.05, 0) is 74.9 Å². The lowest BCUT2D eigenvalue weighted by Gasteiger charge is -2.34. The van der Waals surface area contributed by atoms with E-state index in [1.54, 1.807) is 0 Å². The number of likely N-dealkylation sites (N-methyl/N-ethyl adjacent to an activating group) is 2. The fraction of sp³-hybridized carbons (Fsp3) is 0.643. The maximum Gasteiger partial charge on any atom is 0.496 e. The molecule has 208 valence electrons. The summed E-state index contributed by atoms with van der Waals surface area (Å²) in [5.74, 6) is 2.13. The van der Waals surface area contributed by atoms with E-state index in [9.17, 15) is 0 Å². The van der Waals surface area contributed by atoms with Crippen LogP contribution in [0.5, 0.6) is 0 Å². The second-order valence-electron chi connectivity index (χ2n) is 11.2. The van der Waals surface area contributed by atoms with E-state index in [1.807, 2.05) is 12.4 Å². The summed E-state index contributed by atoms with van der Waals surface area (Å²) >= 11 is 3.40. The number of halogens is 1. The SMILES string of the molecule is CCN1CCN(c2ccc(B3OC(C)(C)C(C)(C)O3)cn2)CC1.CCN1CCN(c2ccc(Br)cn2)CC1. The highest BCUT2D eigenvalue weighted by atomic mass is 79.9. The van der Waals surface area contributed by atoms with Gasteiger partial charge in [-0.25, -0.2) is 9.97 Å². The Labute approximate surface area is 238 Å². The molecule has 3 fully saturated rings. The van der Waals surface area contributed by atoms with Crippen LogP contribution in [0.15, 0.2) is 41.1 Å². The van der Waals surface area contributed by atoms with Gasteiger partial charge < -0.3 is 28.9 Å². The zero-order valence-electron chi connectivity index (χ0n) is 24.0. The zero-order chi connectivity index (χ0) is 27.3. The zero-order valence-corrected chi connectivity index (χ0v) is 25.6. The molecule has 38 heavy (non-hydrogen) atoms. The Morgan fingerprint density at radius 3 is 1.53 bits per heavy atom. The van der Waals surface area contributed by atoms with E-state index >= 15 is 0 Å². The van der Waals surface area contributed by atoms with Gasteiger partial charge in [-0.15, -0.1) is 0 Å². The van der Waals surface area contributed by atoms with Gasteiger partial charge in [-0.1, -0.05) is 19.9 Å². The molecule has 8 nitrogen and oxygen atoms in total. The Hall–Kier alpha value is -1.72. The molecule has 0 aliphatic carbocycles. The van der Waals surface area contributed by atoms with Crippen molar-refractivity contribution >= 4 is 40.1 Å². The van der Waals surface area contributed by atoms with Gasteiger partial charge in [0.05, 0.1) is 11.2 Å². The van der Waals surface area contributed by atoms with E-state index in [-0.39, 0.29) is 18.3 Å². The Morgan fingerprint density at radius 2 is 1.16 bits per heavy atom. The van der Waals surface area contributed by atoms with Crippen molar-refractivity contribution in [3.63, 3.8) is 0 Å². The quantitative estimate of drug-likeness (QED) is 0.493. The molecule has 10 heteroatoms. The van der Waals surface area contributed by atoms with Gasteiger partial charge in [0.25, 0.3) is 0 Å². The van der Waals surface area contributed by atoms with Crippen molar-refractivity contribution < 1.29 is 9.31 Å². The summed E-state index contributed by atoms with van der Waals surface area (Å²) in [6.07, 6.45) is 3.76. The average molecular weight is 587 g/mol. The third kappa shape index (κ3) is 7.07. The first-order chi connectivity index (χ1) is 18.1. The minimum absolute atomic E-state index is 0.313. The van der Waals surface area contributed by atoms with Gasteiger partial charge in [-0.2, -0.15) is 0 Å². The predicted octanol–water partition coefficient (Wildman–Crippen LogP) is 3.51. The van der Waals surface area contributed by atoms with Crippen LogP contribution in [-0.4, -0.2) is 104 Å². The number of pyridine rings is 2. The van der Waals surface area contributed by atoms with E-state index in [1.165, 1.54) is 0 Å². The molecule has 0 atom stereocenters. The van der Waals surface area contributed by atoms with Crippen LogP contribution in [0.2, 0.25) is 0 Å². The van der Waals surface area contributed by atoms with Gasteiger partial charge in [0.15, 0.2) is 0 Å². The lowest BCUT2D eigenvalue weighted by Crippen LogP contribution is -2.46. The summed E-state index contributed by atoms with van der Waals surface area (Å²) in [6, 6.07) is 8.29. The van der Waals surface area contributed by atoms with Crippen LogP contribution in [-0.2, 0) is 9.31 Å². The van der Waals surface area contributed by atoms with Gasteiger partial charge in [0.1, 0.15) is 11.6 Å². The molecular weight excluding hydrogens is 543 g/mol. The second kappa shape index (κ2) is 12.6. The first kappa shape index (κ1) is 29.3. The van der Waals surface area contributed by atoms with Crippen molar-refractivity contribution in [1.82, 2.24) is 19.8 Å². The van der Waals surface area contributed by atoms with Crippen LogP contribution < -0.4 is 15.3 Å². The largest absolute Gasteiger partial charge is 0.496 e. The number of aromatic nitrogens is 2. The molecule has 5 rings (SSSR count). The van der Waals surface area contributed by atoms with Crippen LogP contribution in [0.25, 0.3) is 0 Å². The lowest BCUT2D eigenvalue weighted by molar-refractivity contribution is 0.00578. The summed E-state index contributed by atoms with van der Waals surface area (Å²) in [6.45, 7) is 23.8. The molecule has 0 amide bonds.